The highest BCUT2D eigenvalue weighted by molar-refractivity contribution is 5.64. The second-order valence-electron chi connectivity index (χ2n) is 7.73. The van der Waals surface area contributed by atoms with Gasteiger partial charge in [0.15, 0.2) is 0 Å². The summed E-state index contributed by atoms with van der Waals surface area (Å²) in [5.74, 6) is 0.959. The van der Waals surface area contributed by atoms with E-state index in [4.69, 9.17) is 0 Å². The molecule has 1 aliphatic heterocycles. The van der Waals surface area contributed by atoms with Crippen LogP contribution < -0.4 is 0 Å². The van der Waals surface area contributed by atoms with E-state index in [1.165, 1.54) is 22.3 Å². The molecule has 1 aliphatic rings. The Morgan fingerprint density at radius 3 is 2.36 bits per heavy atom. The van der Waals surface area contributed by atoms with Crippen LogP contribution in [-0.4, -0.2) is 55.2 Å². The van der Waals surface area contributed by atoms with Gasteiger partial charge in [-0.2, -0.15) is 0 Å². The monoisotopic (exact) mass is 338 g/mol. The summed E-state index contributed by atoms with van der Waals surface area (Å²) in [4.78, 5) is 4.71. The lowest BCUT2D eigenvalue weighted by molar-refractivity contribution is 0.183. The maximum absolute atomic E-state index is 9.67. The van der Waals surface area contributed by atoms with E-state index in [2.05, 4.69) is 79.3 Å². The minimum absolute atomic E-state index is 0.293. The van der Waals surface area contributed by atoms with Crippen LogP contribution in [0.3, 0.4) is 0 Å². The second kappa shape index (κ2) is 8.13. The summed E-state index contributed by atoms with van der Waals surface area (Å²) in [5.41, 5.74) is 5.19. The molecule has 1 heterocycles. The summed E-state index contributed by atoms with van der Waals surface area (Å²) in [6.07, 6.45) is 0. The molecule has 2 aromatic rings. The number of aryl methyl sites for hydroxylation is 1. The van der Waals surface area contributed by atoms with Gasteiger partial charge in [-0.3, -0.25) is 4.90 Å². The first-order valence-electron chi connectivity index (χ1n) is 9.19. The van der Waals surface area contributed by atoms with Crippen molar-refractivity contribution in [3.8, 4) is 11.1 Å². The second-order valence-corrected chi connectivity index (χ2v) is 7.73. The number of nitrogens with zero attached hydrogens (tertiary/aromatic N) is 2. The number of likely N-dealkylation sites (tertiary alicyclic amines) is 1. The molecule has 0 spiro atoms. The van der Waals surface area contributed by atoms with Gasteiger partial charge in [0.05, 0.1) is 0 Å². The Labute approximate surface area is 151 Å². The van der Waals surface area contributed by atoms with Gasteiger partial charge in [0, 0.05) is 32.8 Å². The van der Waals surface area contributed by atoms with E-state index in [-0.39, 0.29) is 0 Å². The van der Waals surface area contributed by atoms with Gasteiger partial charge in [-0.1, -0.05) is 54.1 Å². The molecule has 0 bridgehead atoms. The molecule has 2 aromatic carbocycles. The molecule has 3 nitrogen and oxygen atoms in total. The molecular weight excluding hydrogens is 308 g/mol. The molecule has 1 N–H and O–H groups in total. The molecule has 0 amide bonds. The molecule has 1 fully saturated rings. The molecule has 3 heteroatoms. The summed E-state index contributed by atoms with van der Waals surface area (Å²) >= 11 is 0. The quantitative estimate of drug-likeness (QED) is 0.876. The zero-order chi connectivity index (χ0) is 17.8. The summed E-state index contributed by atoms with van der Waals surface area (Å²) in [6, 6.07) is 17.6. The maximum Gasteiger partial charge on any atom is 0.0475 e. The van der Waals surface area contributed by atoms with Crippen LogP contribution in [0.5, 0.6) is 0 Å². The Morgan fingerprint density at radius 1 is 1.00 bits per heavy atom. The van der Waals surface area contributed by atoms with Crippen LogP contribution in [0.25, 0.3) is 11.1 Å². The fraction of sp³-hybridized carbons (Fsp3) is 0.455. The largest absolute Gasteiger partial charge is 0.396 e. The van der Waals surface area contributed by atoms with Crippen LogP contribution in [0.4, 0.5) is 0 Å². The van der Waals surface area contributed by atoms with Crippen LogP contribution >= 0.6 is 0 Å². The predicted molar refractivity (Wildman–Crippen MR) is 105 cm³/mol. The first-order valence-corrected chi connectivity index (χ1v) is 9.19. The van der Waals surface area contributed by atoms with Crippen molar-refractivity contribution in [2.45, 2.75) is 13.5 Å². The Bertz CT molecular complexity index is 681. The van der Waals surface area contributed by atoms with Gasteiger partial charge in [-0.25, -0.2) is 0 Å². The van der Waals surface area contributed by atoms with Gasteiger partial charge >= 0.3 is 0 Å². The molecule has 134 valence electrons. The Balaban J connectivity index is 1.64. The van der Waals surface area contributed by atoms with Crippen molar-refractivity contribution in [2.75, 3.05) is 40.3 Å². The lowest BCUT2D eigenvalue weighted by atomic mass is 9.97. The highest BCUT2D eigenvalue weighted by atomic mass is 16.3. The minimum Gasteiger partial charge on any atom is -0.396 e. The number of aliphatic hydroxyl groups is 1. The molecule has 0 unspecified atom stereocenters. The standard InChI is InChI=1S/C22H30N2O/c1-17-5-4-6-20(11-17)19-9-7-18(8-10-19)12-24-14-21(13-23(2)3)22(15-24)16-25/h4-11,21-22,25H,12-16H2,1-3H3/t21-,22-/m1/s1. The zero-order valence-corrected chi connectivity index (χ0v) is 15.7. The number of aliphatic hydroxyl groups excluding tert-OH is 1. The van der Waals surface area contributed by atoms with Crippen LogP contribution in [0, 0.1) is 18.8 Å². The molecule has 0 saturated carbocycles. The van der Waals surface area contributed by atoms with Crippen LogP contribution in [0.1, 0.15) is 11.1 Å². The first-order chi connectivity index (χ1) is 12.0. The molecule has 0 aliphatic carbocycles. The third-order valence-corrected chi connectivity index (χ3v) is 5.20. The highest BCUT2D eigenvalue weighted by Crippen LogP contribution is 2.26. The van der Waals surface area contributed by atoms with E-state index in [9.17, 15) is 5.11 Å². The SMILES string of the molecule is Cc1cccc(-c2ccc(CN3C[C@@H](CN(C)C)[C@@H](CO)C3)cc2)c1. The summed E-state index contributed by atoms with van der Waals surface area (Å²) in [6.45, 7) is 6.51. The fourth-order valence-electron chi connectivity index (χ4n) is 3.93. The van der Waals surface area contributed by atoms with E-state index in [1.54, 1.807) is 0 Å². The number of hydrogen-bond acceptors (Lipinski definition) is 3. The van der Waals surface area contributed by atoms with E-state index >= 15 is 0 Å². The van der Waals surface area contributed by atoms with Gasteiger partial charge in [0.2, 0.25) is 0 Å². The normalized spacial score (nSPS) is 21.2. The summed E-state index contributed by atoms with van der Waals surface area (Å²) in [7, 11) is 4.22. The lowest BCUT2D eigenvalue weighted by Crippen LogP contribution is -2.28. The van der Waals surface area contributed by atoms with Gasteiger partial charge in [0.1, 0.15) is 0 Å². The Kier molecular flexibility index (Phi) is 5.89. The molecular formula is C22H30N2O. The van der Waals surface area contributed by atoms with Crippen LogP contribution in [0.15, 0.2) is 48.5 Å². The maximum atomic E-state index is 9.67. The predicted octanol–water partition coefficient (Wildman–Crippen LogP) is 3.26. The van der Waals surface area contributed by atoms with E-state index in [0.717, 1.165) is 26.2 Å². The lowest BCUT2D eigenvalue weighted by Gasteiger charge is -2.20. The number of hydrogen-bond donors (Lipinski definition) is 1. The minimum atomic E-state index is 0.293. The van der Waals surface area contributed by atoms with Crippen LogP contribution in [0.2, 0.25) is 0 Å². The van der Waals surface area contributed by atoms with Crippen molar-refractivity contribution < 1.29 is 5.11 Å². The third kappa shape index (κ3) is 4.69. The Morgan fingerprint density at radius 2 is 1.72 bits per heavy atom. The van der Waals surface area contributed by atoms with Gasteiger partial charge in [-0.05, 0) is 49.5 Å². The molecule has 3 rings (SSSR count). The van der Waals surface area contributed by atoms with Crippen molar-refractivity contribution in [2.24, 2.45) is 11.8 Å². The van der Waals surface area contributed by atoms with Gasteiger partial charge < -0.3 is 10.0 Å². The highest BCUT2D eigenvalue weighted by Gasteiger charge is 2.32. The molecule has 2 atom stereocenters. The number of rotatable bonds is 6. The summed E-state index contributed by atoms with van der Waals surface area (Å²) in [5, 5.41) is 9.67. The topological polar surface area (TPSA) is 26.7 Å². The van der Waals surface area contributed by atoms with Crippen molar-refractivity contribution in [3.63, 3.8) is 0 Å². The number of benzene rings is 2. The summed E-state index contributed by atoms with van der Waals surface area (Å²) < 4.78 is 0. The van der Waals surface area contributed by atoms with Gasteiger partial charge in [-0.15, -0.1) is 0 Å². The van der Waals surface area contributed by atoms with E-state index in [0.29, 0.717) is 18.4 Å². The van der Waals surface area contributed by atoms with E-state index < -0.39 is 0 Å². The van der Waals surface area contributed by atoms with Gasteiger partial charge in [0.25, 0.3) is 0 Å². The van der Waals surface area contributed by atoms with Crippen LogP contribution in [-0.2, 0) is 6.54 Å². The smallest absolute Gasteiger partial charge is 0.0475 e. The average molecular weight is 338 g/mol. The molecule has 0 aromatic heterocycles. The molecule has 1 saturated heterocycles. The molecule has 25 heavy (non-hydrogen) atoms. The fourth-order valence-corrected chi connectivity index (χ4v) is 3.93. The third-order valence-electron chi connectivity index (χ3n) is 5.20. The van der Waals surface area contributed by atoms with Crippen molar-refractivity contribution >= 4 is 0 Å². The zero-order valence-electron chi connectivity index (χ0n) is 15.7. The molecule has 0 radical (unpaired) electrons. The van der Waals surface area contributed by atoms with Crippen molar-refractivity contribution in [1.29, 1.82) is 0 Å². The first kappa shape index (κ1) is 18.1. The Hall–Kier alpha value is -1.68. The van der Waals surface area contributed by atoms with E-state index in [1.807, 2.05) is 0 Å². The average Bonchev–Trinajstić information content (AvgIpc) is 2.96. The van der Waals surface area contributed by atoms with Crippen molar-refractivity contribution in [1.82, 2.24) is 9.80 Å². The van der Waals surface area contributed by atoms with Crippen molar-refractivity contribution in [3.05, 3.63) is 59.7 Å².